The number of rotatable bonds is 2. The number of ether oxygens (including phenoxy) is 1. The van der Waals surface area contributed by atoms with Gasteiger partial charge in [0, 0.05) is 5.92 Å². The molecule has 12 heavy (non-hydrogen) atoms. The lowest BCUT2D eigenvalue weighted by Gasteiger charge is -2.24. The van der Waals surface area contributed by atoms with E-state index in [4.69, 9.17) is 0 Å². The molecule has 1 heterocycles. The second-order valence-electron chi connectivity index (χ2n) is 2.92. The molecule has 2 unspecified atom stereocenters. The Labute approximate surface area is 75.9 Å². The Morgan fingerprint density at radius 1 is 1.75 bits per heavy atom. The Morgan fingerprint density at radius 3 is 3.08 bits per heavy atom. The van der Waals surface area contributed by atoms with Crippen LogP contribution in [0.2, 0.25) is 0 Å². The molecule has 1 saturated heterocycles. The predicted octanol–water partition coefficient (Wildman–Crippen LogP) is 1.64. The van der Waals surface area contributed by atoms with E-state index in [0.29, 0.717) is 6.42 Å². The zero-order valence-corrected chi connectivity index (χ0v) is 7.90. The van der Waals surface area contributed by atoms with Gasteiger partial charge in [0.25, 0.3) is 0 Å². The average Bonchev–Trinajstić information content (AvgIpc) is 2.09. The summed E-state index contributed by atoms with van der Waals surface area (Å²) in [6.07, 6.45) is -0.0119. The highest BCUT2D eigenvalue weighted by Gasteiger charge is 2.27. The summed E-state index contributed by atoms with van der Waals surface area (Å²) in [5, 5.41) is 0. The van der Waals surface area contributed by atoms with Crippen LogP contribution in [0.25, 0.3) is 0 Å². The van der Waals surface area contributed by atoms with Crippen molar-refractivity contribution in [3.63, 3.8) is 0 Å². The summed E-state index contributed by atoms with van der Waals surface area (Å²) in [6, 6.07) is 0. The average molecular weight is 192 g/mol. The third-order valence-electron chi connectivity index (χ3n) is 2.04. The molecule has 0 aromatic rings. The first kappa shape index (κ1) is 9.84. The van der Waals surface area contributed by atoms with Crippen LogP contribution in [0, 0.1) is 5.92 Å². The van der Waals surface area contributed by atoms with Gasteiger partial charge in [0.05, 0.1) is 13.5 Å². The standard InChI is InChI=1S/C8H13FO2S/c1-11-8(10)4-6-5-12-3-2-7(6)9/h6-7H,2-5H2,1H3. The van der Waals surface area contributed by atoms with Gasteiger partial charge in [0.1, 0.15) is 6.17 Å². The first-order valence-corrected chi connectivity index (χ1v) is 5.18. The Morgan fingerprint density at radius 2 is 2.50 bits per heavy atom. The van der Waals surface area contributed by atoms with Crippen molar-refractivity contribution in [2.24, 2.45) is 5.92 Å². The Hall–Kier alpha value is -0.250. The van der Waals surface area contributed by atoms with E-state index in [0.717, 1.165) is 11.5 Å². The van der Waals surface area contributed by atoms with Crippen molar-refractivity contribution in [2.75, 3.05) is 18.6 Å². The molecule has 4 heteroatoms. The molecular weight excluding hydrogens is 179 g/mol. The third kappa shape index (κ3) is 2.66. The first-order chi connectivity index (χ1) is 5.74. The second kappa shape index (κ2) is 4.70. The summed E-state index contributed by atoms with van der Waals surface area (Å²) in [5.74, 6) is 1.19. The first-order valence-electron chi connectivity index (χ1n) is 4.02. The molecule has 0 amide bonds. The van der Waals surface area contributed by atoms with E-state index in [1.54, 1.807) is 11.8 Å². The van der Waals surface area contributed by atoms with E-state index in [1.807, 2.05) is 0 Å². The molecule has 0 radical (unpaired) electrons. The molecule has 2 nitrogen and oxygen atoms in total. The quantitative estimate of drug-likeness (QED) is 0.622. The highest BCUT2D eigenvalue weighted by atomic mass is 32.2. The van der Waals surface area contributed by atoms with Gasteiger partial charge in [0.15, 0.2) is 0 Å². The topological polar surface area (TPSA) is 26.3 Å². The number of halogens is 1. The number of carbonyl (C=O) groups excluding carboxylic acids is 1. The minimum absolute atomic E-state index is 0.129. The zero-order chi connectivity index (χ0) is 8.97. The number of hydrogen-bond acceptors (Lipinski definition) is 3. The fourth-order valence-electron chi connectivity index (χ4n) is 1.25. The second-order valence-corrected chi connectivity index (χ2v) is 4.07. The van der Waals surface area contributed by atoms with Crippen LogP contribution in [0.1, 0.15) is 12.8 Å². The van der Waals surface area contributed by atoms with Crippen LogP contribution in [-0.4, -0.2) is 30.8 Å². The highest BCUT2D eigenvalue weighted by molar-refractivity contribution is 7.99. The maximum atomic E-state index is 13.1. The number of carbonyl (C=O) groups is 1. The number of methoxy groups -OCH3 is 1. The van der Waals surface area contributed by atoms with Crippen molar-refractivity contribution in [2.45, 2.75) is 19.0 Å². The fraction of sp³-hybridized carbons (Fsp3) is 0.875. The van der Waals surface area contributed by atoms with Crippen molar-refractivity contribution in [3.8, 4) is 0 Å². The minimum Gasteiger partial charge on any atom is -0.469 e. The van der Waals surface area contributed by atoms with Gasteiger partial charge in [-0.25, -0.2) is 4.39 Å². The van der Waals surface area contributed by atoms with Crippen LogP contribution in [0.5, 0.6) is 0 Å². The summed E-state index contributed by atoms with van der Waals surface area (Å²) in [6.45, 7) is 0. The molecule has 0 N–H and O–H groups in total. The van der Waals surface area contributed by atoms with Crippen molar-refractivity contribution < 1.29 is 13.9 Å². The lowest BCUT2D eigenvalue weighted by molar-refractivity contribution is -0.142. The molecule has 2 atom stereocenters. The molecule has 0 spiro atoms. The van der Waals surface area contributed by atoms with Crippen LogP contribution in [0.4, 0.5) is 4.39 Å². The van der Waals surface area contributed by atoms with E-state index in [2.05, 4.69) is 4.74 Å². The summed E-state index contributed by atoms with van der Waals surface area (Å²) in [7, 11) is 1.34. The molecular formula is C8H13FO2S. The number of esters is 1. The van der Waals surface area contributed by atoms with Gasteiger partial charge in [-0.05, 0) is 17.9 Å². The number of hydrogen-bond donors (Lipinski definition) is 0. The van der Waals surface area contributed by atoms with E-state index in [1.165, 1.54) is 7.11 Å². The molecule has 1 aliphatic heterocycles. The molecule has 0 saturated carbocycles. The van der Waals surface area contributed by atoms with Gasteiger partial charge < -0.3 is 4.74 Å². The number of alkyl halides is 1. The normalized spacial score (nSPS) is 29.8. The molecule has 1 rings (SSSR count). The van der Waals surface area contributed by atoms with Gasteiger partial charge in [-0.15, -0.1) is 0 Å². The van der Waals surface area contributed by atoms with Gasteiger partial charge in [0.2, 0.25) is 0 Å². The monoisotopic (exact) mass is 192 g/mol. The molecule has 0 bridgehead atoms. The van der Waals surface area contributed by atoms with Crippen molar-refractivity contribution in [3.05, 3.63) is 0 Å². The smallest absolute Gasteiger partial charge is 0.305 e. The highest BCUT2D eigenvalue weighted by Crippen LogP contribution is 2.28. The molecule has 0 aliphatic carbocycles. The van der Waals surface area contributed by atoms with Crippen LogP contribution >= 0.6 is 11.8 Å². The third-order valence-corrected chi connectivity index (χ3v) is 3.23. The van der Waals surface area contributed by atoms with Gasteiger partial charge in [-0.2, -0.15) is 11.8 Å². The van der Waals surface area contributed by atoms with Crippen LogP contribution in [0.3, 0.4) is 0 Å². The van der Waals surface area contributed by atoms with E-state index in [-0.39, 0.29) is 18.3 Å². The summed E-state index contributed by atoms with van der Waals surface area (Å²) in [4.78, 5) is 10.8. The molecule has 1 fully saturated rings. The van der Waals surface area contributed by atoms with Gasteiger partial charge in [-0.1, -0.05) is 0 Å². The van der Waals surface area contributed by atoms with E-state index in [9.17, 15) is 9.18 Å². The Balaban J connectivity index is 2.33. The Kier molecular flexibility index (Phi) is 3.85. The lowest BCUT2D eigenvalue weighted by atomic mass is 10.00. The van der Waals surface area contributed by atoms with E-state index < -0.39 is 6.17 Å². The summed E-state index contributed by atoms with van der Waals surface area (Å²) < 4.78 is 17.6. The van der Waals surface area contributed by atoms with Crippen molar-refractivity contribution >= 4 is 17.7 Å². The Bertz CT molecular complexity index is 163. The molecule has 0 aromatic carbocycles. The maximum absolute atomic E-state index is 13.1. The van der Waals surface area contributed by atoms with E-state index >= 15 is 0 Å². The van der Waals surface area contributed by atoms with Crippen LogP contribution in [-0.2, 0) is 9.53 Å². The zero-order valence-electron chi connectivity index (χ0n) is 7.09. The fourth-order valence-corrected chi connectivity index (χ4v) is 2.44. The summed E-state index contributed by atoms with van der Waals surface area (Å²) in [5.41, 5.74) is 0. The molecule has 70 valence electrons. The SMILES string of the molecule is COC(=O)CC1CSCCC1F. The van der Waals surface area contributed by atoms with Crippen molar-refractivity contribution in [1.82, 2.24) is 0 Å². The van der Waals surface area contributed by atoms with Gasteiger partial charge >= 0.3 is 5.97 Å². The van der Waals surface area contributed by atoms with Crippen LogP contribution in [0.15, 0.2) is 0 Å². The minimum atomic E-state index is -0.814. The summed E-state index contributed by atoms with van der Waals surface area (Å²) >= 11 is 1.71. The molecule has 1 aliphatic rings. The predicted molar refractivity (Wildman–Crippen MR) is 47.0 cm³/mol. The largest absolute Gasteiger partial charge is 0.469 e. The van der Waals surface area contributed by atoms with Crippen molar-refractivity contribution in [1.29, 1.82) is 0 Å². The molecule has 0 aromatic heterocycles. The van der Waals surface area contributed by atoms with Gasteiger partial charge in [-0.3, -0.25) is 4.79 Å². The van der Waals surface area contributed by atoms with Crippen LogP contribution < -0.4 is 0 Å². The lowest BCUT2D eigenvalue weighted by Crippen LogP contribution is -2.26. The number of thioether (sulfide) groups is 1. The maximum Gasteiger partial charge on any atom is 0.305 e.